The van der Waals surface area contributed by atoms with E-state index in [0.29, 0.717) is 13.2 Å². The van der Waals surface area contributed by atoms with Gasteiger partial charge in [-0.15, -0.1) is 0 Å². The molecule has 0 aliphatic rings. The summed E-state index contributed by atoms with van der Waals surface area (Å²) >= 11 is 0. The second-order valence-electron chi connectivity index (χ2n) is 3.83. The van der Waals surface area contributed by atoms with Crippen LogP contribution in [0.1, 0.15) is 19.4 Å². The van der Waals surface area contributed by atoms with E-state index in [9.17, 15) is 20.2 Å². The molecular weight excluding hydrogens is 268 g/mol. The zero-order valence-corrected chi connectivity index (χ0v) is 11.3. The summed E-state index contributed by atoms with van der Waals surface area (Å²) in [6, 6.07) is 3.75. The molecule has 20 heavy (non-hydrogen) atoms. The number of benzene rings is 1. The third-order valence-corrected chi connectivity index (χ3v) is 2.60. The van der Waals surface area contributed by atoms with E-state index in [1.165, 1.54) is 18.2 Å². The molecule has 0 saturated carbocycles. The van der Waals surface area contributed by atoms with Crippen LogP contribution in [0, 0.1) is 20.2 Å². The van der Waals surface area contributed by atoms with Crippen molar-refractivity contribution in [1.29, 1.82) is 0 Å². The van der Waals surface area contributed by atoms with Gasteiger partial charge in [0, 0.05) is 31.8 Å². The van der Waals surface area contributed by atoms with Gasteiger partial charge in [0.25, 0.3) is 11.4 Å². The van der Waals surface area contributed by atoms with Crippen LogP contribution in [0.25, 0.3) is 0 Å². The average Bonchev–Trinajstić information content (AvgIpc) is 2.39. The number of hydrogen-bond acceptors (Lipinski definition) is 6. The van der Waals surface area contributed by atoms with Crippen molar-refractivity contribution in [3.8, 4) is 0 Å². The van der Waals surface area contributed by atoms with Gasteiger partial charge in [0.1, 0.15) is 5.56 Å². The fourth-order valence-corrected chi connectivity index (χ4v) is 1.82. The van der Waals surface area contributed by atoms with Crippen LogP contribution in [0.5, 0.6) is 0 Å². The number of nitrogens with zero attached hydrogens (tertiary/aromatic N) is 2. The third-order valence-electron chi connectivity index (χ3n) is 2.60. The summed E-state index contributed by atoms with van der Waals surface area (Å²) in [7, 11) is 0. The number of nitro groups is 2. The van der Waals surface area contributed by atoms with Crippen molar-refractivity contribution in [3.63, 3.8) is 0 Å². The van der Waals surface area contributed by atoms with Crippen molar-refractivity contribution in [2.45, 2.75) is 26.6 Å². The summed E-state index contributed by atoms with van der Waals surface area (Å²) in [6.07, 6.45) is -0.792. The molecule has 0 atom stereocenters. The van der Waals surface area contributed by atoms with E-state index in [2.05, 4.69) is 0 Å². The maximum absolute atomic E-state index is 11.0. The van der Waals surface area contributed by atoms with Gasteiger partial charge in [0.2, 0.25) is 0 Å². The summed E-state index contributed by atoms with van der Waals surface area (Å²) in [6.45, 7) is 4.19. The molecule has 8 heteroatoms. The third kappa shape index (κ3) is 3.97. The Hall–Kier alpha value is -2.06. The fourth-order valence-electron chi connectivity index (χ4n) is 1.82. The van der Waals surface area contributed by atoms with Crippen LogP contribution in [0.15, 0.2) is 18.2 Å². The van der Waals surface area contributed by atoms with E-state index in [4.69, 9.17) is 9.47 Å². The first kappa shape index (κ1) is 16.0. The number of rotatable bonds is 8. The van der Waals surface area contributed by atoms with Gasteiger partial charge >= 0.3 is 0 Å². The van der Waals surface area contributed by atoms with Crippen LogP contribution in [0.4, 0.5) is 11.4 Å². The van der Waals surface area contributed by atoms with Crippen molar-refractivity contribution >= 4 is 11.4 Å². The molecule has 0 spiro atoms. The molecule has 0 aromatic heterocycles. The van der Waals surface area contributed by atoms with Gasteiger partial charge in [0.15, 0.2) is 6.29 Å². The molecule has 1 aromatic carbocycles. The SMILES string of the molecule is CCOC(Cc1c([N+](=O)[O-])cccc1[N+](=O)[O-])OCC. The second kappa shape index (κ2) is 7.51. The van der Waals surface area contributed by atoms with Gasteiger partial charge in [-0.1, -0.05) is 0 Å². The van der Waals surface area contributed by atoms with Crippen molar-refractivity contribution in [1.82, 2.24) is 0 Å². The lowest BCUT2D eigenvalue weighted by atomic mass is 10.1. The fraction of sp³-hybridized carbons (Fsp3) is 0.500. The molecule has 0 N–H and O–H groups in total. The standard InChI is InChI=1S/C12H16N2O6/c1-3-19-12(20-4-2)8-9-10(13(15)16)6-5-7-11(9)14(17)18/h5-7,12H,3-4,8H2,1-2H3. The Labute approximate surface area is 115 Å². The van der Waals surface area contributed by atoms with E-state index in [-0.39, 0.29) is 23.4 Å². The zero-order chi connectivity index (χ0) is 15.1. The molecule has 0 unspecified atom stereocenters. The minimum Gasteiger partial charge on any atom is -0.353 e. The van der Waals surface area contributed by atoms with E-state index in [1.54, 1.807) is 13.8 Å². The highest BCUT2D eigenvalue weighted by atomic mass is 16.7. The van der Waals surface area contributed by atoms with E-state index in [0.717, 1.165) is 0 Å². The van der Waals surface area contributed by atoms with Crippen LogP contribution in [-0.4, -0.2) is 29.4 Å². The van der Waals surface area contributed by atoms with Gasteiger partial charge in [0.05, 0.1) is 9.85 Å². The van der Waals surface area contributed by atoms with Crippen molar-refractivity contribution in [3.05, 3.63) is 44.0 Å². The Bertz CT molecular complexity index is 453. The predicted octanol–water partition coefficient (Wildman–Crippen LogP) is 2.44. The monoisotopic (exact) mass is 284 g/mol. The predicted molar refractivity (Wildman–Crippen MR) is 70.5 cm³/mol. The van der Waals surface area contributed by atoms with Crippen molar-refractivity contribution in [2.24, 2.45) is 0 Å². The van der Waals surface area contributed by atoms with Crippen LogP contribution < -0.4 is 0 Å². The topological polar surface area (TPSA) is 105 Å². The van der Waals surface area contributed by atoms with Gasteiger partial charge < -0.3 is 9.47 Å². The van der Waals surface area contributed by atoms with Gasteiger partial charge in [-0.05, 0) is 19.9 Å². The quantitative estimate of drug-likeness (QED) is 0.412. The molecule has 0 fully saturated rings. The maximum atomic E-state index is 11.0. The van der Waals surface area contributed by atoms with Gasteiger partial charge in [-0.3, -0.25) is 20.2 Å². The molecule has 0 heterocycles. The van der Waals surface area contributed by atoms with Gasteiger partial charge in [-0.2, -0.15) is 0 Å². The molecule has 1 rings (SSSR count). The molecule has 0 amide bonds. The number of ether oxygens (including phenoxy) is 2. The first-order valence-electron chi connectivity index (χ1n) is 6.15. The molecule has 1 aromatic rings. The smallest absolute Gasteiger partial charge is 0.279 e. The van der Waals surface area contributed by atoms with Crippen LogP contribution in [0.3, 0.4) is 0 Å². The highest BCUT2D eigenvalue weighted by Gasteiger charge is 2.27. The molecule has 0 aliphatic heterocycles. The van der Waals surface area contributed by atoms with Crippen LogP contribution in [0.2, 0.25) is 0 Å². The second-order valence-corrected chi connectivity index (χ2v) is 3.83. The Morgan fingerprint density at radius 2 is 1.50 bits per heavy atom. The highest BCUT2D eigenvalue weighted by molar-refractivity contribution is 5.53. The van der Waals surface area contributed by atoms with Crippen molar-refractivity contribution < 1.29 is 19.3 Å². The molecule has 0 bridgehead atoms. The summed E-state index contributed by atoms with van der Waals surface area (Å²) < 4.78 is 10.6. The Kier molecular flexibility index (Phi) is 6.01. The van der Waals surface area contributed by atoms with Crippen LogP contribution >= 0.6 is 0 Å². The largest absolute Gasteiger partial charge is 0.353 e. The van der Waals surface area contributed by atoms with Crippen LogP contribution in [-0.2, 0) is 15.9 Å². The minimum absolute atomic E-state index is 0.00870. The van der Waals surface area contributed by atoms with Crippen molar-refractivity contribution in [2.75, 3.05) is 13.2 Å². The maximum Gasteiger partial charge on any atom is 0.279 e. The Morgan fingerprint density at radius 3 is 1.85 bits per heavy atom. The Balaban J connectivity index is 3.18. The first-order chi connectivity index (χ1) is 9.51. The molecular formula is C12H16N2O6. The molecule has 110 valence electrons. The Morgan fingerprint density at radius 1 is 1.05 bits per heavy atom. The van der Waals surface area contributed by atoms with E-state index < -0.39 is 16.1 Å². The minimum atomic E-state index is -0.746. The lowest BCUT2D eigenvalue weighted by molar-refractivity contribution is -0.396. The summed E-state index contributed by atoms with van der Waals surface area (Å²) in [5.41, 5.74) is -0.596. The summed E-state index contributed by atoms with van der Waals surface area (Å²) in [4.78, 5) is 20.7. The molecule has 8 nitrogen and oxygen atoms in total. The number of hydrogen-bond donors (Lipinski definition) is 0. The first-order valence-corrected chi connectivity index (χ1v) is 6.15. The molecule has 0 radical (unpaired) electrons. The molecule has 0 saturated heterocycles. The normalized spacial score (nSPS) is 10.8. The zero-order valence-electron chi connectivity index (χ0n) is 11.3. The summed E-state index contributed by atoms with van der Waals surface area (Å²) in [5.74, 6) is 0. The average molecular weight is 284 g/mol. The molecule has 0 aliphatic carbocycles. The lowest BCUT2D eigenvalue weighted by Crippen LogP contribution is -2.21. The van der Waals surface area contributed by atoms with E-state index in [1.807, 2.05) is 0 Å². The summed E-state index contributed by atoms with van der Waals surface area (Å²) in [5, 5.41) is 22.0. The van der Waals surface area contributed by atoms with Gasteiger partial charge in [-0.25, -0.2) is 0 Å². The highest BCUT2D eigenvalue weighted by Crippen LogP contribution is 2.29. The number of nitro benzene ring substituents is 2. The van der Waals surface area contributed by atoms with E-state index >= 15 is 0 Å². The lowest BCUT2D eigenvalue weighted by Gasteiger charge is -2.16.